The zero-order valence-electron chi connectivity index (χ0n) is 17.7. The lowest BCUT2D eigenvalue weighted by atomic mass is 10.5. The fourth-order valence-electron chi connectivity index (χ4n) is 1.86. The lowest BCUT2D eigenvalue weighted by Crippen LogP contribution is -2.15. The Bertz CT molecular complexity index is 349. The molecular formula is C19H37IO10. The van der Waals surface area contributed by atoms with Crippen molar-refractivity contribution in [2.45, 2.75) is 6.42 Å². The first kappa shape index (κ1) is 29.9. The Morgan fingerprint density at radius 1 is 0.467 bits per heavy atom. The summed E-state index contributed by atoms with van der Waals surface area (Å²) in [4.78, 5) is 10.3. The molecule has 0 radical (unpaired) electrons. The van der Waals surface area contributed by atoms with E-state index in [1.807, 2.05) is 0 Å². The molecule has 30 heavy (non-hydrogen) atoms. The smallest absolute Gasteiger partial charge is 0.305 e. The van der Waals surface area contributed by atoms with Crippen LogP contribution in [0.5, 0.6) is 0 Å². The van der Waals surface area contributed by atoms with E-state index >= 15 is 0 Å². The number of ether oxygens (including phenoxy) is 8. The maximum absolute atomic E-state index is 10.3. The van der Waals surface area contributed by atoms with Crippen molar-refractivity contribution in [1.29, 1.82) is 0 Å². The molecule has 0 saturated carbocycles. The van der Waals surface area contributed by atoms with Crippen LogP contribution in [0, 0.1) is 0 Å². The van der Waals surface area contributed by atoms with E-state index in [1.165, 1.54) is 0 Å². The van der Waals surface area contributed by atoms with E-state index in [0.29, 0.717) is 92.5 Å². The van der Waals surface area contributed by atoms with Crippen molar-refractivity contribution in [3.05, 3.63) is 0 Å². The van der Waals surface area contributed by atoms with Crippen LogP contribution in [0.15, 0.2) is 0 Å². The molecule has 11 heteroatoms. The first-order valence-corrected chi connectivity index (χ1v) is 11.7. The average Bonchev–Trinajstić information content (AvgIpc) is 2.73. The zero-order chi connectivity index (χ0) is 22.0. The Morgan fingerprint density at radius 3 is 0.933 bits per heavy atom. The monoisotopic (exact) mass is 552 g/mol. The van der Waals surface area contributed by atoms with E-state index in [1.54, 1.807) is 0 Å². The summed E-state index contributed by atoms with van der Waals surface area (Å²) >= 11 is 2.27. The Balaban J connectivity index is 2.99. The van der Waals surface area contributed by atoms with Gasteiger partial charge in [-0.3, -0.25) is 4.79 Å². The molecule has 0 aromatic rings. The molecule has 0 saturated heterocycles. The molecular weight excluding hydrogens is 515 g/mol. The Morgan fingerprint density at radius 2 is 0.700 bits per heavy atom. The van der Waals surface area contributed by atoms with Gasteiger partial charge in [-0.1, -0.05) is 22.6 Å². The predicted molar refractivity (Wildman–Crippen MR) is 118 cm³/mol. The van der Waals surface area contributed by atoms with Crippen molar-refractivity contribution in [3.8, 4) is 0 Å². The van der Waals surface area contributed by atoms with Crippen LogP contribution in [-0.2, 0) is 42.7 Å². The van der Waals surface area contributed by atoms with Crippen molar-refractivity contribution in [2.75, 3.05) is 110 Å². The van der Waals surface area contributed by atoms with Crippen LogP contribution in [0.25, 0.3) is 0 Å². The van der Waals surface area contributed by atoms with Gasteiger partial charge in [0.15, 0.2) is 0 Å². The summed E-state index contributed by atoms with van der Waals surface area (Å²) in [6.07, 6.45) is 0.00694. The minimum absolute atomic E-state index is 0.00694. The van der Waals surface area contributed by atoms with E-state index in [2.05, 4.69) is 22.6 Å². The van der Waals surface area contributed by atoms with Crippen LogP contribution in [0.2, 0.25) is 0 Å². The van der Waals surface area contributed by atoms with Crippen molar-refractivity contribution in [2.24, 2.45) is 0 Å². The number of alkyl halides is 1. The van der Waals surface area contributed by atoms with Gasteiger partial charge in [0.1, 0.15) is 0 Å². The summed E-state index contributed by atoms with van der Waals surface area (Å²) in [5.74, 6) is -0.867. The fraction of sp³-hybridized carbons (Fsp3) is 0.947. The molecule has 1 N–H and O–H groups in total. The maximum Gasteiger partial charge on any atom is 0.305 e. The van der Waals surface area contributed by atoms with Crippen LogP contribution in [0.1, 0.15) is 6.42 Å². The molecule has 0 atom stereocenters. The summed E-state index contributed by atoms with van der Waals surface area (Å²) in [6.45, 7) is 8.08. The summed E-state index contributed by atoms with van der Waals surface area (Å²) in [5, 5.41) is 8.44. The van der Waals surface area contributed by atoms with Crippen molar-refractivity contribution < 1.29 is 47.8 Å². The number of aliphatic carboxylic acids is 1. The number of carbonyl (C=O) groups is 1. The highest BCUT2D eigenvalue weighted by atomic mass is 127. The van der Waals surface area contributed by atoms with Gasteiger partial charge in [0.05, 0.1) is 112 Å². The van der Waals surface area contributed by atoms with E-state index in [9.17, 15) is 4.79 Å². The molecule has 0 rings (SSSR count). The molecule has 0 aromatic heterocycles. The van der Waals surface area contributed by atoms with E-state index in [0.717, 1.165) is 11.0 Å². The lowest BCUT2D eigenvalue weighted by Gasteiger charge is -2.08. The minimum atomic E-state index is -0.867. The summed E-state index contributed by atoms with van der Waals surface area (Å²) in [7, 11) is 0. The van der Waals surface area contributed by atoms with Crippen LogP contribution >= 0.6 is 22.6 Å². The number of hydrogen-bond donors (Lipinski definition) is 1. The quantitative estimate of drug-likeness (QED) is 0.0949. The number of hydrogen-bond acceptors (Lipinski definition) is 9. The second kappa shape index (κ2) is 26.9. The van der Waals surface area contributed by atoms with Gasteiger partial charge in [0, 0.05) is 4.43 Å². The Hall–Kier alpha value is -0.120. The molecule has 0 unspecified atom stereocenters. The SMILES string of the molecule is O=C(O)CCOCCOCCOCCOCCOCCOCCOCCOCCI. The van der Waals surface area contributed by atoms with Crippen LogP contribution in [0.4, 0.5) is 0 Å². The Labute approximate surface area is 192 Å². The van der Waals surface area contributed by atoms with Gasteiger partial charge in [-0.15, -0.1) is 0 Å². The molecule has 0 bridgehead atoms. The highest BCUT2D eigenvalue weighted by Gasteiger charge is 1.97. The third kappa shape index (κ3) is 27.9. The normalized spacial score (nSPS) is 11.2. The molecule has 0 aliphatic heterocycles. The van der Waals surface area contributed by atoms with Gasteiger partial charge in [-0.25, -0.2) is 0 Å². The minimum Gasteiger partial charge on any atom is -0.481 e. The van der Waals surface area contributed by atoms with Crippen molar-refractivity contribution >= 4 is 28.6 Å². The van der Waals surface area contributed by atoms with E-state index < -0.39 is 5.97 Å². The Kier molecular flexibility index (Phi) is 26.8. The molecule has 0 aliphatic carbocycles. The molecule has 0 heterocycles. The molecule has 10 nitrogen and oxygen atoms in total. The summed E-state index contributed by atoms with van der Waals surface area (Å²) < 4.78 is 43.6. The lowest BCUT2D eigenvalue weighted by molar-refractivity contribution is -0.138. The molecule has 0 fully saturated rings. The molecule has 180 valence electrons. The average molecular weight is 552 g/mol. The number of halogens is 1. The standard InChI is InChI=1S/C19H37IO10/c20-2-4-24-6-8-26-10-12-28-14-16-30-18-17-29-15-13-27-11-9-25-7-5-23-3-1-19(21)22/h1-18H2,(H,21,22). The second-order valence-corrected chi connectivity index (χ2v) is 6.81. The third-order valence-corrected chi connectivity index (χ3v) is 3.73. The second-order valence-electron chi connectivity index (χ2n) is 5.73. The molecule has 0 aliphatic rings. The zero-order valence-corrected chi connectivity index (χ0v) is 19.9. The predicted octanol–water partition coefficient (Wildman–Crippen LogP) is 1.03. The number of carboxylic acid groups (broad SMARTS) is 1. The number of rotatable bonds is 26. The summed E-state index contributed by atoms with van der Waals surface area (Å²) in [6, 6.07) is 0. The molecule has 0 aromatic carbocycles. The van der Waals surface area contributed by atoms with E-state index in [-0.39, 0.29) is 13.0 Å². The van der Waals surface area contributed by atoms with Crippen molar-refractivity contribution in [3.63, 3.8) is 0 Å². The topological polar surface area (TPSA) is 111 Å². The number of carboxylic acids is 1. The molecule has 0 spiro atoms. The first-order chi connectivity index (χ1) is 14.8. The van der Waals surface area contributed by atoms with Gasteiger partial charge in [-0.05, 0) is 0 Å². The van der Waals surface area contributed by atoms with Gasteiger partial charge >= 0.3 is 5.97 Å². The highest BCUT2D eigenvalue weighted by Crippen LogP contribution is 1.87. The maximum atomic E-state index is 10.3. The largest absolute Gasteiger partial charge is 0.481 e. The van der Waals surface area contributed by atoms with Gasteiger partial charge in [-0.2, -0.15) is 0 Å². The third-order valence-electron chi connectivity index (χ3n) is 3.29. The van der Waals surface area contributed by atoms with Crippen LogP contribution < -0.4 is 0 Å². The van der Waals surface area contributed by atoms with Crippen LogP contribution in [0.3, 0.4) is 0 Å². The van der Waals surface area contributed by atoms with Gasteiger partial charge < -0.3 is 43.0 Å². The fourth-order valence-corrected chi connectivity index (χ4v) is 2.17. The van der Waals surface area contributed by atoms with Gasteiger partial charge in [0.25, 0.3) is 0 Å². The van der Waals surface area contributed by atoms with Gasteiger partial charge in [0.2, 0.25) is 0 Å². The first-order valence-electron chi connectivity index (χ1n) is 10.2. The molecule has 0 amide bonds. The van der Waals surface area contributed by atoms with Crippen molar-refractivity contribution in [1.82, 2.24) is 0 Å². The summed E-state index contributed by atoms with van der Waals surface area (Å²) in [5.41, 5.74) is 0. The highest BCUT2D eigenvalue weighted by molar-refractivity contribution is 14.1. The van der Waals surface area contributed by atoms with Crippen LogP contribution in [-0.4, -0.2) is 121 Å². The van der Waals surface area contributed by atoms with E-state index in [4.69, 9.17) is 43.0 Å².